The summed E-state index contributed by atoms with van der Waals surface area (Å²) in [7, 11) is 4.75. The highest BCUT2D eigenvalue weighted by molar-refractivity contribution is 5.67. The summed E-state index contributed by atoms with van der Waals surface area (Å²) in [5.41, 5.74) is 2.75. The highest BCUT2D eigenvalue weighted by atomic mass is 19.1. The highest BCUT2D eigenvalue weighted by Crippen LogP contribution is 2.38. The molecule has 3 aromatic rings. The second-order valence-corrected chi connectivity index (χ2v) is 8.04. The molecule has 0 aliphatic heterocycles. The third-order valence-electron chi connectivity index (χ3n) is 6.27. The fraction of sp³-hybridized carbons (Fsp3) is 0.391. The SMILES string of the molecule is COC(=O)N(C)C1CCC(NCc2cc(-n3cnnn3)ccc2OC)C1c1ccc(F)cc1. The minimum absolute atomic E-state index is 0.0246. The molecule has 2 aromatic carbocycles. The van der Waals surface area contributed by atoms with Gasteiger partial charge in [-0.3, -0.25) is 0 Å². The molecular formula is C23H27FN6O3. The minimum atomic E-state index is -0.386. The van der Waals surface area contributed by atoms with Gasteiger partial charge in [-0.25, -0.2) is 13.9 Å². The Morgan fingerprint density at radius 2 is 2.00 bits per heavy atom. The predicted octanol–water partition coefficient (Wildman–Crippen LogP) is 2.91. The van der Waals surface area contributed by atoms with Crippen LogP contribution in [0.3, 0.4) is 0 Å². The Balaban J connectivity index is 1.58. The van der Waals surface area contributed by atoms with Crippen LogP contribution in [0.2, 0.25) is 0 Å². The van der Waals surface area contributed by atoms with Gasteiger partial charge in [0.25, 0.3) is 0 Å². The van der Waals surface area contributed by atoms with Crippen LogP contribution >= 0.6 is 0 Å². The van der Waals surface area contributed by atoms with Crippen LogP contribution in [-0.4, -0.2) is 64.6 Å². The zero-order chi connectivity index (χ0) is 23.4. The Morgan fingerprint density at radius 1 is 1.21 bits per heavy atom. The van der Waals surface area contributed by atoms with E-state index in [2.05, 4.69) is 20.8 Å². The number of nitrogens with zero attached hydrogens (tertiary/aromatic N) is 5. The van der Waals surface area contributed by atoms with Crippen molar-refractivity contribution in [1.82, 2.24) is 30.4 Å². The van der Waals surface area contributed by atoms with Crippen molar-refractivity contribution in [1.29, 1.82) is 0 Å². The van der Waals surface area contributed by atoms with Gasteiger partial charge >= 0.3 is 6.09 Å². The maximum absolute atomic E-state index is 13.6. The number of hydrogen-bond donors (Lipinski definition) is 1. The van der Waals surface area contributed by atoms with Crippen molar-refractivity contribution < 1.29 is 18.7 Å². The normalized spacial score (nSPS) is 19.9. The number of ether oxygens (including phenoxy) is 2. The molecule has 3 atom stereocenters. The number of aromatic nitrogens is 4. The molecule has 1 saturated carbocycles. The van der Waals surface area contributed by atoms with Gasteiger partial charge in [0.05, 0.1) is 19.9 Å². The van der Waals surface area contributed by atoms with Crippen molar-refractivity contribution in [2.24, 2.45) is 0 Å². The molecule has 174 valence electrons. The monoisotopic (exact) mass is 454 g/mol. The van der Waals surface area contributed by atoms with E-state index in [1.807, 2.05) is 18.2 Å². The van der Waals surface area contributed by atoms with Gasteiger partial charge in [0.2, 0.25) is 0 Å². The molecule has 4 rings (SSSR count). The molecule has 0 saturated heterocycles. The standard InChI is InChI=1S/C23H27FN6O3/c1-29(23(31)33-3)20-10-9-19(22(20)15-4-6-17(24)7-5-15)25-13-16-12-18(8-11-21(16)32-2)30-14-26-27-28-30/h4-8,11-12,14,19-20,22,25H,9-10,13H2,1-3H3. The number of halogens is 1. The number of carbonyl (C=O) groups is 1. The van der Waals surface area contributed by atoms with Crippen LogP contribution in [-0.2, 0) is 11.3 Å². The average molecular weight is 455 g/mol. The summed E-state index contributed by atoms with van der Waals surface area (Å²) in [5.74, 6) is 0.436. The molecule has 1 N–H and O–H groups in total. The molecule has 1 aliphatic carbocycles. The fourth-order valence-electron chi connectivity index (χ4n) is 4.63. The molecular weight excluding hydrogens is 427 g/mol. The summed E-state index contributed by atoms with van der Waals surface area (Å²) in [6.07, 6.45) is 2.80. The van der Waals surface area contributed by atoms with E-state index in [-0.39, 0.29) is 29.9 Å². The van der Waals surface area contributed by atoms with E-state index in [1.165, 1.54) is 25.6 Å². The van der Waals surface area contributed by atoms with Crippen LogP contribution in [0.15, 0.2) is 48.8 Å². The Morgan fingerprint density at radius 3 is 2.67 bits per heavy atom. The van der Waals surface area contributed by atoms with Gasteiger partial charge in [0.1, 0.15) is 17.9 Å². The van der Waals surface area contributed by atoms with Gasteiger partial charge in [0, 0.05) is 37.2 Å². The van der Waals surface area contributed by atoms with E-state index in [1.54, 1.807) is 35.9 Å². The quantitative estimate of drug-likeness (QED) is 0.587. The summed E-state index contributed by atoms with van der Waals surface area (Å²) in [5, 5.41) is 15.0. The van der Waals surface area contributed by atoms with Crippen molar-refractivity contribution in [3.05, 3.63) is 65.7 Å². The summed E-state index contributed by atoms with van der Waals surface area (Å²) in [6, 6.07) is 12.2. The molecule has 1 aliphatic rings. The van der Waals surface area contributed by atoms with Gasteiger partial charge in [-0.2, -0.15) is 0 Å². The molecule has 1 fully saturated rings. The van der Waals surface area contributed by atoms with E-state index in [9.17, 15) is 9.18 Å². The van der Waals surface area contributed by atoms with E-state index in [4.69, 9.17) is 9.47 Å². The highest BCUT2D eigenvalue weighted by Gasteiger charge is 2.41. The number of methoxy groups -OCH3 is 2. The second-order valence-electron chi connectivity index (χ2n) is 8.04. The largest absolute Gasteiger partial charge is 0.496 e. The topological polar surface area (TPSA) is 94.4 Å². The number of nitrogens with one attached hydrogen (secondary N) is 1. The first kappa shape index (κ1) is 22.7. The first-order valence-corrected chi connectivity index (χ1v) is 10.7. The molecule has 0 spiro atoms. The van der Waals surface area contributed by atoms with Crippen molar-refractivity contribution >= 4 is 6.09 Å². The first-order chi connectivity index (χ1) is 16.0. The number of amides is 1. The lowest BCUT2D eigenvalue weighted by Gasteiger charge is -2.32. The molecule has 9 nitrogen and oxygen atoms in total. The van der Waals surface area contributed by atoms with E-state index in [0.29, 0.717) is 6.54 Å². The van der Waals surface area contributed by atoms with E-state index < -0.39 is 0 Å². The lowest BCUT2D eigenvalue weighted by Crippen LogP contribution is -2.42. The molecule has 0 bridgehead atoms. The summed E-state index contributed by atoms with van der Waals surface area (Å²) in [4.78, 5) is 13.9. The smallest absolute Gasteiger partial charge is 0.409 e. The molecule has 1 aromatic heterocycles. The lowest BCUT2D eigenvalue weighted by molar-refractivity contribution is 0.114. The minimum Gasteiger partial charge on any atom is -0.496 e. The number of likely N-dealkylation sites (N-methyl/N-ethyl adjacent to an activating group) is 1. The first-order valence-electron chi connectivity index (χ1n) is 10.7. The number of benzene rings is 2. The van der Waals surface area contributed by atoms with Crippen molar-refractivity contribution in [2.75, 3.05) is 21.3 Å². The third kappa shape index (κ3) is 4.80. The Hall–Kier alpha value is -3.53. The van der Waals surface area contributed by atoms with Crippen LogP contribution in [0.4, 0.5) is 9.18 Å². The second kappa shape index (κ2) is 9.95. The van der Waals surface area contributed by atoms with Crippen LogP contribution in [0.25, 0.3) is 5.69 Å². The summed E-state index contributed by atoms with van der Waals surface area (Å²) < 4.78 is 25.7. The van der Waals surface area contributed by atoms with Crippen LogP contribution in [0.5, 0.6) is 5.75 Å². The third-order valence-corrected chi connectivity index (χ3v) is 6.27. The molecule has 33 heavy (non-hydrogen) atoms. The van der Waals surface area contributed by atoms with Crippen molar-refractivity contribution in [2.45, 2.75) is 37.4 Å². The molecule has 0 radical (unpaired) electrons. The maximum Gasteiger partial charge on any atom is 0.409 e. The molecule has 3 unspecified atom stereocenters. The average Bonchev–Trinajstić information content (AvgIpc) is 3.52. The van der Waals surface area contributed by atoms with Crippen molar-refractivity contribution in [3.8, 4) is 11.4 Å². The van der Waals surface area contributed by atoms with E-state index in [0.717, 1.165) is 35.4 Å². The number of tetrazole rings is 1. The maximum atomic E-state index is 13.6. The number of carbonyl (C=O) groups excluding carboxylic acids is 1. The molecule has 1 heterocycles. The van der Waals surface area contributed by atoms with Gasteiger partial charge in [-0.1, -0.05) is 12.1 Å². The Labute approximate surface area is 191 Å². The van der Waals surface area contributed by atoms with Gasteiger partial charge < -0.3 is 19.7 Å². The van der Waals surface area contributed by atoms with Crippen LogP contribution in [0.1, 0.15) is 29.9 Å². The fourth-order valence-corrected chi connectivity index (χ4v) is 4.63. The predicted molar refractivity (Wildman–Crippen MR) is 119 cm³/mol. The Bertz CT molecular complexity index is 1080. The van der Waals surface area contributed by atoms with Crippen LogP contribution < -0.4 is 10.1 Å². The molecule has 10 heteroatoms. The van der Waals surface area contributed by atoms with Crippen molar-refractivity contribution in [3.63, 3.8) is 0 Å². The lowest BCUT2D eigenvalue weighted by atomic mass is 9.90. The summed E-state index contributed by atoms with van der Waals surface area (Å²) >= 11 is 0. The number of rotatable bonds is 7. The Kier molecular flexibility index (Phi) is 6.83. The van der Waals surface area contributed by atoms with Crippen LogP contribution in [0, 0.1) is 5.82 Å². The van der Waals surface area contributed by atoms with Gasteiger partial charge in [0.15, 0.2) is 0 Å². The summed E-state index contributed by atoms with van der Waals surface area (Å²) in [6.45, 7) is 0.538. The number of hydrogen-bond acceptors (Lipinski definition) is 7. The van der Waals surface area contributed by atoms with Gasteiger partial charge in [-0.05, 0) is 59.2 Å². The van der Waals surface area contributed by atoms with Gasteiger partial charge in [-0.15, -0.1) is 5.10 Å². The zero-order valence-corrected chi connectivity index (χ0v) is 18.8. The molecule has 1 amide bonds. The zero-order valence-electron chi connectivity index (χ0n) is 18.8. The van der Waals surface area contributed by atoms with E-state index >= 15 is 0 Å².